The Labute approximate surface area is 102 Å². The molecule has 17 heavy (non-hydrogen) atoms. The predicted molar refractivity (Wildman–Crippen MR) is 66.2 cm³/mol. The average Bonchev–Trinajstić information content (AvgIpc) is 3.13. The Balaban J connectivity index is 2.35. The van der Waals surface area contributed by atoms with Crippen molar-refractivity contribution in [3.8, 4) is 5.75 Å². The summed E-state index contributed by atoms with van der Waals surface area (Å²) >= 11 is 0. The molecule has 1 fully saturated rings. The van der Waals surface area contributed by atoms with Gasteiger partial charge in [-0.1, -0.05) is 6.07 Å². The summed E-state index contributed by atoms with van der Waals surface area (Å²) in [6, 6.07) is 5.80. The Bertz CT molecular complexity index is 398. The molecule has 0 aliphatic heterocycles. The minimum absolute atomic E-state index is 0.328. The van der Waals surface area contributed by atoms with Crippen LogP contribution in [0.3, 0.4) is 0 Å². The summed E-state index contributed by atoms with van der Waals surface area (Å²) in [5, 5.41) is 10.8. The highest BCUT2D eigenvalue weighted by molar-refractivity contribution is 5.39. The smallest absolute Gasteiger partial charge is 0.119 e. The fourth-order valence-electron chi connectivity index (χ4n) is 2.45. The lowest BCUT2D eigenvalue weighted by atomic mass is 9.86. The quantitative estimate of drug-likeness (QED) is 0.852. The van der Waals surface area contributed by atoms with Crippen LogP contribution in [0.5, 0.6) is 5.75 Å². The molecule has 1 aliphatic rings. The molecule has 1 aliphatic carbocycles. The first-order valence-electron chi connectivity index (χ1n) is 5.98. The fourth-order valence-corrected chi connectivity index (χ4v) is 2.45. The van der Waals surface area contributed by atoms with E-state index in [4.69, 9.17) is 9.47 Å². The van der Waals surface area contributed by atoms with E-state index in [-0.39, 0.29) is 0 Å². The lowest BCUT2D eigenvalue weighted by molar-refractivity contribution is -0.0537. The number of methoxy groups -OCH3 is 2. The molecule has 2 rings (SSSR count). The molecule has 0 radical (unpaired) electrons. The van der Waals surface area contributed by atoms with E-state index in [1.807, 2.05) is 25.1 Å². The third kappa shape index (κ3) is 2.31. The van der Waals surface area contributed by atoms with E-state index in [0.717, 1.165) is 29.7 Å². The van der Waals surface area contributed by atoms with Crippen LogP contribution in [0, 0.1) is 12.8 Å². The maximum Gasteiger partial charge on any atom is 0.119 e. The number of aryl methyl sites for hydroxylation is 1. The number of hydrogen-bond donors (Lipinski definition) is 1. The molecular weight excluding hydrogens is 216 g/mol. The molecule has 0 aromatic heterocycles. The molecule has 3 nitrogen and oxygen atoms in total. The van der Waals surface area contributed by atoms with Gasteiger partial charge in [0, 0.05) is 7.11 Å². The lowest BCUT2D eigenvalue weighted by Crippen LogP contribution is -2.34. The van der Waals surface area contributed by atoms with Crippen LogP contribution >= 0.6 is 0 Å². The summed E-state index contributed by atoms with van der Waals surface area (Å²) in [7, 11) is 3.28. The lowest BCUT2D eigenvalue weighted by Gasteiger charge is -2.29. The molecule has 1 aromatic rings. The molecular formula is C14H20O3. The maximum absolute atomic E-state index is 10.8. The van der Waals surface area contributed by atoms with Gasteiger partial charge in [0.15, 0.2) is 0 Å². The largest absolute Gasteiger partial charge is 0.497 e. The Morgan fingerprint density at radius 1 is 1.35 bits per heavy atom. The highest BCUT2D eigenvalue weighted by atomic mass is 16.5. The molecule has 1 unspecified atom stereocenters. The molecule has 0 spiro atoms. The standard InChI is InChI=1S/C14H20O3/c1-10-8-12(17-3)6-7-13(10)14(15,9-16-2)11-4-5-11/h6-8,11,15H,4-5,9H2,1-3H3. The van der Waals surface area contributed by atoms with E-state index in [2.05, 4.69) is 0 Å². The number of rotatable bonds is 5. The fraction of sp³-hybridized carbons (Fsp3) is 0.571. The van der Waals surface area contributed by atoms with Crippen molar-refractivity contribution in [2.24, 2.45) is 5.92 Å². The summed E-state index contributed by atoms with van der Waals surface area (Å²) in [6.07, 6.45) is 2.15. The van der Waals surface area contributed by atoms with Gasteiger partial charge in [-0.15, -0.1) is 0 Å². The second-order valence-corrected chi connectivity index (χ2v) is 4.81. The van der Waals surface area contributed by atoms with Crippen molar-refractivity contribution in [2.75, 3.05) is 20.8 Å². The van der Waals surface area contributed by atoms with Crippen LogP contribution in [0.25, 0.3) is 0 Å². The van der Waals surface area contributed by atoms with Crippen molar-refractivity contribution >= 4 is 0 Å². The molecule has 1 saturated carbocycles. The van der Waals surface area contributed by atoms with E-state index in [1.54, 1.807) is 14.2 Å². The van der Waals surface area contributed by atoms with Crippen molar-refractivity contribution in [1.82, 2.24) is 0 Å². The van der Waals surface area contributed by atoms with Crippen LogP contribution in [0.15, 0.2) is 18.2 Å². The van der Waals surface area contributed by atoms with Crippen molar-refractivity contribution in [2.45, 2.75) is 25.4 Å². The molecule has 3 heteroatoms. The summed E-state index contributed by atoms with van der Waals surface area (Å²) in [4.78, 5) is 0. The molecule has 0 bridgehead atoms. The highest BCUT2D eigenvalue weighted by Crippen LogP contribution is 2.47. The topological polar surface area (TPSA) is 38.7 Å². The average molecular weight is 236 g/mol. The summed E-state index contributed by atoms with van der Waals surface area (Å²) in [6.45, 7) is 2.35. The van der Waals surface area contributed by atoms with Gasteiger partial charge in [0.25, 0.3) is 0 Å². The van der Waals surface area contributed by atoms with Crippen LogP contribution < -0.4 is 4.74 Å². The SMILES string of the molecule is COCC(O)(c1ccc(OC)cc1C)C1CC1. The Morgan fingerprint density at radius 2 is 2.06 bits per heavy atom. The first-order chi connectivity index (χ1) is 8.11. The van der Waals surface area contributed by atoms with Crippen LogP contribution in [-0.4, -0.2) is 25.9 Å². The summed E-state index contributed by atoms with van der Waals surface area (Å²) < 4.78 is 10.4. The number of benzene rings is 1. The van der Waals surface area contributed by atoms with Crippen LogP contribution in [-0.2, 0) is 10.3 Å². The molecule has 1 N–H and O–H groups in total. The molecule has 1 atom stereocenters. The first kappa shape index (κ1) is 12.4. The van der Waals surface area contributed by atoms with Gasteiger partial charge in [-0.2, -0.15) is 0 Å². The van der Waals surface area contributed by atoms with Crippen molar-refractivity contribution in [3.05, 3.63) is 29.3 Å². The van der Waals surface area contributed by atoms with Gasteiger partial charge in [0.1, 0.15) is 11.4 Å². The van der Waals surface area contributed by atoms with Gasteiger partial charge >= 0.3 is 0 Å². The zero-order valence-corrected chi connectivity index (χ0v) is 10.7. The van der Waals surface area contributed by atoms with Gasteiger partial charge in [-0.25, -0.2) is 0 Å². The highest BCUT2D eigenvalue weighted by Gasteiger charge is 2.45. The third-order valence-electron chi connectivity index (χ3n) is 3.52. The summed E-state index contributed by atoms with van der Waals surface area (Å²) in [5.41, 5.74) is 1.17. The second-order valence-electron chi connectivity index (χ2n) is 4.81. The van der Waals surface area contributed by atoms with Crippen LogP contribution in [0.1, 0.15) is 24.0 Å². The number of ether oxygens (including phenoxy) is 2. The Hall–Kier alpha value is -1.06. The predicted octanol–water partition coefficient (Wildman–Crippen LogP) is 2.25. The monoisotopic (exact) mass is 236 g/mol. The number of aliphatic hydroxyl groups is 1. The molecule has 1 aromatic carbocycles. The molecule has 0 amide bonds. The first-order valence-corrected chi connectivity index (χ1v) is 5.98. The Kier molecular flexibility index (Phi) is 3.40. The molecule has 0 heterocycles. The van der Waals surface area contributed by atoms with E-state index in [0.29, 0.717) is 12.5 Å². The minimum Gasteiger partial charge on any atom is -0.497 e. The summed E-state index contributed by atoms with van der Waals surface area (Å²) in [5.74, 6) is 1.15. The maximum atomic E-state index is 10.8. The third-order valence-corrected chi connectivity index (χ3v) is 3.52. The molecule has 94 valence electrons. The van der Waals surface area contributed by atoms with Gasteiger partial charge < -0.3 is 14.6 Å². The Morgan fingerprint density at radius 3 is 2.53 bits per heavy atom. The van der Waals surface area contributed by atoms with E-state index >= 15 is 0 Å². The second kappa shape index (κ2) is 4.67. The number of hydrogen-bond acceptors (Lipinski definition) is 3. The zero-order chi connectivity index (χ0) is 12.5. The van der Waals surface area contributed by atoms with Crippen molar-refractivity contribution in [3.63, 3.8) is 0 Å². The normalized spacial score (nSPS) is 18.8. The van der Waals surface area contributed by atoms with Crippen LogP contribution in [0.4, 0.5) is 0 Å². The van der Waals surface area contributed by atoms with Crippen molar-refractivity contribution < 1.29 is 14.6 Å². The zero-order valence-electron chi connectivity index (χ0n) is 10.7. The van der Waals surface area contributed by atoms with Gasteiger partial charge in [-0.3, -0.25) is 0 Å². The molecule has 0 saturated heterocycles. The van der Waals surface area contributed by atoms with Gasteiger partial charge in [0.2, 0.25) is 0 Å². The minimum atomic E-state index is -0.842. The van der Waals surface area contributed by atoms with E-state index < -0.39 is 5.60 Å². The van der Waals surface area contributed by atoms with Gasteiger partial charge in [-0.05, 0) is 48.9 Å². The van der Waals surface area contributed by atoms with Gasteiger partial charge in [0.05, 0.1) is 13.7 Å². The van der Waals surface area contributed by atoms with E-state index in [1.165, 1.54) is 0 Å². The van der Waals surface area contributed by atoms with E-state index in [9.17, 15) is 5.11 Å². The van der Waals surface area contributed by atoms with Crippen LogP contribution in [0.2, 0.25) is 0 Å². The van der Waals surface area contributed by atoms with Crippen molar-refractivity contribution in [1.29, 1.82) is 0 Å².